The van der Waals surface area contributed by atoms with Crippen molar-refractivity contribution in [3.05, 3.63) is 58.6 Å². The molecule has 0 saturated heterocycles. The Kier molecular flexibility index (Phi) is 5.83. The molecule has 1 amide bonds. The first-order chi connectivity index (χ1) is 13.0. The van der Waals surface area contributed by atoms with Crippen LogP contribution >= 0.6 is 23.2 Å². The molecule has 0 unspecified atom stereocenters. The van der Waals surface area contributed by atoms with Gasteiger partial charge in [-0.3, -0.25) is 4.79 Å². The third-order valence-electron chi connectivity index (χ3n) is 3.58. The summed E-state index contributed by atoms with van der Waals surface area (Å²) in [5, 5.41) is 13.9. The third-order valence-corrected chi connectivity index (χ3v) is 4.14. The van der Waals surface area contributed by atoms with Crippen LogP contribution in [0.15, 0.2) is 63.9 Å². The molecule has 0 bridgehead atoms. The minimum atomic E-state index is -1.24. The number of azo groups is 1. The first-order valence-corrected chi connectivity index (χ1v) is 8.77. The van der Waals surface area contributed by atoms with Crippen molar-refractivity contribution in [2.45, 2.75) is 13.0 Å². The van der Waals surface area contributed by atoms with Gasteiger partial charge in [-0.15, -0.1) is 0 Å². The Hall–Kier alpha value is -2.77. The summed E-state index contributed by atoms with van der Waals surface area (Å²) < 4.78 is 4.99. The number of amides is 1. The normalized spacial score (nSPS) is 16.7. The second-order valence-electron chi connectivity index (χ2n) is 5.41. The molecule has 3 rings (SSSR count). The molecule has 0 fully saturated rings. The summed E-state index contributed by atoms with van der Waals surface area (Å²) in [6.07, 6.45) is 0. The van der Waals surface area contributed by atoms with Crippen molar-refractivity contribution in [1.29, 1.82) is 0 Å². The zero-order chi connectivity index (χ0) is 19.4. The molecule has 2 aromatic rings. The molecule has 0 spiro atoms. The van der Waals surface area contributed by atoms with Crippen molar-refractivity contribution in [2.24, 2.45) is 15.3 Å². The first kappa shape index (κ1) is 19.0. The van der Waals surface area contributed by atoms with Crippen molar-refractivity contribution >= 4 is 52.2 Å². The average molecular weight is 405 g/mol. The minimum Gasteiger partial charge on any atom is -0.461 e. The number of hydrogen-bond acceptors (Lipinski definition) is 6. The van der Waals surface area contributed by atoms with Gasteiger partial charge < -0.3 is 4.74 Å². The SMILES string of the molecule is CCOC(=O)C1=NN(c2ccccc2)C(=O)[C@@H]1N=Nc1cc(Cl)ccc1Cl. The molecule has 0 aromatic heterocycles. The van der Waals surface area contributed by atoms with Crippen LogP contribution in [0, 0.1) is 0 Å². The number of nitrogens with zero attached hydrogens (tertiary/aromatic N) is 4. The van der Waals surface area contributed by atoms with Crippen LogP contribution in [0.1, 0.15) is 6.92 Å². The molecule has 0 saturated carbocycles. The van der Waals surface area contributed by atoms with Crippen LogP contribution in [0.4, 0.5) is 11.4 Å². The van der Waals surface area contributed by atoms with Gasteiger partial charge in [-0.25, -0.2) is 4.79 Å². The zero-order valence-corrected chi connectivity index (χ0v) is 15.7. The van der Waals surface area contributed by atoms with E-state index in [0.717, 1.165) is 5.01 Å². The topological polar surface area (TPSA) is 83.7 Å². The number of carbonyl (C=O) groups excluding carboxylic acids is 2. The second kappa shape index (κ2) is 8.28. The highest BCUT2D eigenvalue weighted by atomic mass is 35.5. The Morgan fingerprint density at radius 2 is 1.96 bits per heavy atom. The van der Waals surface area contributed by atoms with E-state index in [-0.39, 0.29) is 18.0 Å². The molecular formula is C18H14Cl2N4O3. The molecular weight excluding hydrogens is 391 g/mol. The van der Waals surface area contributed by atoms with Crippen LogP contribution in [0.25, 0.3) is 0 Å². The Morgan fingerprint density at radius 3 is 2.67 bits per heavy atom. The number of carbonyl (C=O) groups is 2. The Labute approximate surface area is 165 Å². The summed E-state index contributed by atoms with van der Waals surface area (Å²) in [6.45, 7) is 1.80. The molecule has 9 heteroatoms. The van der Waals surface area contributed by atoms with Gasteiger partial charge in [0.1, 0.15) is 5.69 Å². The van der Waals surface area contributed by atoms with Crippen LogP contribution in [0.3, 0.4) is 0 Å². The van der Waals surface area contributed by atoms with Crippen molar-refractivity contribution in [3.8, 4) is 0 Å². The minimum absolute atomic E-state index is 0.140. The second-order valence-corrected chi connectivity index (χ2v) is 6.25. The molecule has 1 aliphatic heterocycles. The van der Waals surface area contributed by atoms with Crippen molar-refractivity contribution in [3.63, 3.8) is 0 Å². The van der Waals surface area contributed by atoms with Gasteiger partial charge in [0.05, 0.1) is 17.3 Å². The smallest absolute Gasteiger partial charge is 0.357 e. The highest BCUT2D eigenvalue weighted by molar-refractivity contribution is 6.46. The van der Waals surface area contributed by atoms with Crippen LogP contribution in [-0.2, 0) is 14.3 Å². The van der Waals surface area contributed by atoms with Crippen LogP contribution < -0.4 is 5.01 Å². The van der Waals surface area contributed by atoms with E-state index >= 15 is 0 Å². The van der Waals surface area contributed by atoms with Gasteiger partial charge in [0.2, 0.25) is 6.04 Å². The third kappa shape index (κ3) is 4.15. The molecule has 7 nitrogen and oxygen atoms in total. The van der Waals surface area contributed by atoms with Crippen LogP contribution in [-0.4, -0.2) is 30.2 Å². The monoisotopic (exact) mass is 404 g/mol. The summed E-state index contributed by atoms with van der Waals surface area (Å²) in [5.41, 5.74) is 0.633. The first-order valence-electron chi connectivity index (χ1n) is 8.01. The van der Waals surface area contributed by atoms with Crippen molar-refractivity contribution in [1.82, 2.24) is 0 Å². The maximum Gasteiger partial charge on any atom is 0.357 e. The fourth-order valence-electron chi connectivity index (χ4n) is 2.34. The largest absolute Gasteiger partial charge is 0.461 e. The van der Waals surface area contributed by atoms with Gasteiger partial charge in [-0.1, -0.05) is 41.4 Å². The van der Waals surface area contributed by atoms with Gasteiger partial charge in [-0.2, -0.15) is 20.3 Å². The zero-order valence-electron chi connectivity index (χ0n) is 14.2. The lowest BCUT2D eigenvalue weighted by atomic mass is 10.2. The summed E-state index contributed by atoms with van der Waals surface area (Å²) in [6, 6.07) is 12.1. The van der Waals surface area contributed by atoms with Crippen molar-refractivity contribution in [2.75, 3.05) is 11.6 Å². The number of benzene rings is 2. The van der Waals surface area contributed by atoms with E-state index in [2.05, 4.69) is 15.3 Å². The van der Waals surface area contributed by atoms with Gasteiger partial charge in [-0.05, 0) is 37.3 Å². The maximum atomic E-state index is 12.8. The molecule has 0 N–H and O–H groups in total. The summed E-state index contributed by atoms with van der Waals surface area (Å²) in [7, 11) is 0. The molecule has 1 atom stereocenters. The maximum absolute atomic E-state index is 12.8. The van der Waals surface area contributed by atoms with Crippen LogP contribution in [0.2, 0.25) is 10.0 Å². The Morgan fingerprint density at radius 1 is 1.22 bits per heavy atom. The molecule has 0 radical (unpaired) electrons. The van der Waals surface area contributed by atoms with E-state index < -0.39 is 17.9 Å². The number of esters is 1. The number of halogens is 2. The Bertz CT molecular complexity index is 931. The number of anilines is 1. The van der Waals surface area contributed by atoms with E-state index in [1.807, 2.05) is 0 Å². The fourth-order valence-corrected chi connectivity index (χ4v) is 2.66. The lowest BCUT2D eigenvalue weighted by Crippen LogP contribution is -2.33. The van der Waals surface area contributed by atoms with Gasteiger partial charge in [0.15, 0.2) is 5.71 Å². The molecule has 2 aromatic carbocycles. The van der Waals surface area contributed by atoms with E-state index in [1.165, 1.54) is 6.07 Å². The standard InChI is InChI=1S/C18H14Cl2N4O3/c1-2-27-18(26)16-15(22-21-14-10-11(19)8-9-13(14)20)17(25)24(23-16)12-6-4-3-5-7-12/h3-10,15H,2H2,1H3/t15-/m1/s1. The summed E-state index contributed by atoms with van der Waals surface area (Å²) >= 11 is 12.0. The molecule has 27 heavy (non-hydrogen) atoms. The van der Waals surface area contributed by atoms with Crippen LogP contribution in [0.5, 0.6) is 0 Å². The van der Waals surface area contributed by atoms with Crippen molar-refractivity contribution < 1.29 is 14.3 Å². The van der Waals surface area contributed by atoms with E-state index in [4.69, 9.17) is 27.9 Å². The molecule has 138 valence electrons. The molecule has 1 aliphatic rings. The number of rotatable bonds is 5. The summed E-state index contributed by atoms with van der Waals surface area (Å²) in [4.78, 5) is 25.0. The molecule has 0 aliphatic carbocycles. The van der Waals surface area contributed by atoms with E-state index in [1.54, 1.807) is 49.4 Å². The number of hydrogen-bond donors (Lipinski definition) is 0. The predicted molar refractivity (Wildman–Crippen MR) is 103 cm³/mol. The summed E-state index contributed by atoms with van der Waals surface area (Å²) in [5.74, 6) is -1.25. The fraction of sp³-hybridized carbons (Fsp3) is 0.167. The van der Waals surface area contributed by atoms with E-state index in [0.29, 0.717) is 15.7 Å². The predicted octanol–water partition coefficient (Wildman–Crippen LogP) is 4.41. The Balaban J connectivity index is 1.95. The quantitative estimate of drug-likeness (QED) is 0.546. The number of para-hydroxylation sites is 1. The van der Waals surface area contributed by atoms with Gasteiger partial charge in [0.25, 0.3) is 5.91 Å². The van der Waals surface area contributed by atoms with Gasteiger partial charge >= 0.3 is 5.97 Å². The lowest BCUT2D eigenvalue weighted by Gasteiger charge is -2.11. The highest BCUT2D eigenvalue weighted by Crippen LogP contribution is 2.30. The number of hydrazone groups is 1. The molecule has 1 heterocycles. The lowest BCUT2D eigenvalue weighted by molar-refractivity contribution is -0.135. The highest BCUT2D eigenvalue weighted by Gasteiger charge is 2.41. The average Bonchev–Trinajstić information content (AvgIpc) is 3.00. The van der Waals surface area contributed by atoms with Gasteiger partial charge in [0, 0.05) is 5.02 Å². The van der Waals surface area contributed by atoms with E-state index in [9.17, 15) is 9.59 Å². The number of ether oxygens (including phenoxy) is 1.